The third-order valence-corrected chi connectivity index (χ3v) is 4.82. The molecular formula is C19H18ClF3N2O. The molecule has 0 heterocycles. The van der Waals surface area contributed by atoms with Crippen molar-refractivity contribution >= 4 is 17.7 Å². The number of aryl methyl sites for hydroxylation is 1. The standard InChI is InChI=1S/C19H18ClF3N2O/c20-25(11-12-1-6-16(7-2-12)19(21,22)23)18(26)15-4-3-14-10-17(24)8-5-13(14)9-15/h1-4,6-7,9,17H,5,8,10-11,24H2. The van der Waals surface area contributed by atoms with Crippen LogP contribution < -0.4 is 5.73 Å². The van der Waals surface area contributed by atoms with Crippen LogP contribution in [0, 0.1) is 0 Å². The largest absolute Gasteiger partial charge is 0.416 e. The average Bonchev–Trinajstić information content (AvgIpc) is 2.60. The first-order valence-corrected chi connectivity index (χ1v) is 8.59. The van der Waals surface area contributed by atoms with Gasteiger partial charge in [-0.25, -0.2) is 4.42 Å². The van der Waals surface area contributed by atoms with Crippen molar-refractivity contribution in [3.05, 3.63) is 70.3 Å². The monoisotopic (exact) mass is 382 g/mol. The second kappa shape index (κ2) is 7.29. The van der Waals surface area contributed by atoms with Crippen molar-refractivity contribution in [1.29, 1.82) is 0 Å². The summed E-state index contributed by atoms with van der Waals surface area (Å²) < 4.78 is 38.8. The van der Waals surface area contributed by atoms with Gasteiger partial charge in [0.05, 0.1) is 12.1 Å². The first-order valence-electron chi connectivity index (χ1n) is 8.25. The summed E-state index contributed by atoms with van der Waals surface area (Å²) >= 11 is 6.08. The summed E-state index contributed by atoms with van der Waals surface area (Å²) in [6.07, 6.45) is -1.90. The Balaban J connectivity index is 1.70. The molecule has 1 amide bonds. The molecule has 2 aromatic carbocycles. The third kappa shape index (κ3) is 4.19. The highest BCUT2D eigenvalue weighted by Crippen LogP contribution is 2.29. The minimum absolute atomic E-state index is 0.0144. The second-order valence-electron chi connectivity index (χ2n) is 6.51. The van der Waals surface area contributed by atoms with Gasteiger partial charge in [-0.15, -0.1) is 0 Å². The van der Waals surface area contributed by atoms with E-state index in [0.717, 1.165) is 46.9 Å². The molecule has 0 saturated carbocycles. The predicted octanol–water partition coefficient (Wildman–Crippen LogP) is 4.32. The van der Waals surface area contributed by atoms with E-state index in [2.05, 4.69) is 0 Å². The number of nitrogens with two attached hydrogens (primary N) is 1. The van der Waals surface area contributed by atoms with Crippen LogP contribution in [-0.2, 0) is 25.6 Å². The molecule has 7 heteroatoms. The topological polar surface area (TPSA) is 46.3 Å². The van der Waals surface area contributed by atoms with Crippen LogP contribution in [0.3, 0.4) is 0 Å². The molecule has 1 unspecified atom stereocenters. The van der Waals surface area contributed by atoms with E-state index in [9.17, 15) is 18.0 Å². The van der Waals surface area contributed by atoms with Crippen molar-refractivity contribution in [3.8, 4) is 0 Å². The summed E-state index contributed by atoms with van der Waals surface area (Å²) in [5, 5.41) is 0. The number of amides is 1. The molecule has 0 saturated heterocycles. The first-order chi connectivity index (χ1) is 12.2. The minimum atomic E-state index is -4.39. The molecule has 1 aliphatic rings. The Hall–Kier alpha value is -2.05. The zero-order valence-corrected chi connectivity index (χ0v) is 14.6. The van der Waals surface area contributed by atoms with Crippen molar-refractivity contribution in [2.45, 2.75) is 38.0 Å². The van der Waals surface area contributed by atoms with E-state index in [1.807, 2.05) is 12.1 Å². The molecule has 1 aliphatic carbocycles. The molecule has 0 fully saturated rings. The number of hydrogen-bond acceptors (Lipinski definition) is 2. The van der Waals surface area contributed by atoms with Crippen molar-refractivity contribution < 1.29 is 18.0 Å². The normalized spacial score (nSPS) is 16.9. The van der Waals surface area contributed by atoms with Crippen molar-refractivity contribution in [3.63, 3.8) is 0 Å². The zero-order chi connectivity index (χ0) is 18.9. The molecule has 2 aromatic rings. The van der Waals surface area contributed by atoms with Gasteiger partial charge in [-0.2, -0.15) is 13.2 Å². The van der Waals surface area contributed by atoms with Gasteiger partial charge >= 0.3 is 6.18 Å². The summed E-state index contributed by atoms with van der Waals surface area (Å²) in [4.78, 5) is 12.5. The Kier molecular flexibility index (Phi) is 5.25. The molecule has 3 nitrogen and oxygen atoms in total. The summed E-state index contributed by atoms with van der Waals surface area (Å²) in [7, 11) is 0. The van der Waals surface area contributed by atoms with Gasteiger partial charge in [0.2, 0.25) is 0 Å². The molecular weight excluding hydrogens is 365 g/mol. The summed E-state index contributed by atoms with van der Waals surface area (Å²) in [5.74, 6) is -0.385. The lowest BCUT2D eigenvalue weighted by Crippen LogP contribution is -2.28. The number of halogens is 4. The average molecular weight is 383 g/mol. The number of carbonyl (C=O) groups excluding carboxylic acids is 1. The first kappa shape index (κ1) is 18.7. The maximum Gasteiger partial charge on any atom is 0.416 e. The quantitative estimate of drug-likeness (QED) is 0.804. The fourth-order valence-corrected chi connectivity index (χ4v) is 3.32. The van der Waals surface area contributed by atoms with Gasteiger partial charge in [0.25, 0.3) is 5.91 Å². The van der Waals surface area contributed by atoms with E-state index in [-0.39, 0.29) is 18.5 Å². The van der Waals surface area contributed by atoms with Crippen LogP contribution in [0.2, 0.25) is 0 Å². The molecule has 0 bridgehead atoms. The molecule has 2 N–H and O–H groups in total. The van der Waals surface area contributed by atoms with Gasteiger partial charge in [-0.05, 0) is 60.2 Å². The molecule has 26 heavy (non-hydrogen) atoms. The van der Waals surface area contributed by atoms with Crippen molar-refractivity contribution in [1.82, 2.24) is 4.42 Å². The van der Waals surface area contributed by atoms with Crippen LogP contribution in [0.5, 0.6) is 0 Å². The fourth-order valence-electron chi connectivity index (χ4n) is 3.09. The maximum absolute atomic E-state index is 12.6. The highest BCUT2D eigenvalue weighted by Gasteiger charge is 2.30. The molecule has 0 aromatic heterocycles. The van der Waals surface area contributed by atoms with Crippen LogP contribution >= 0.6 is 11.8 Å². The highest BCUT2D eigenvalue weighted by atomic mass is 35.5. The number of benzene rings is 2. The maximum atomic E-state index is 12.6. The molecule has 0 spiro atoms. The van der Waals surface area contributed by atoms with Crippen LogP contribution in [0.25, 0.3) is 0 Å². The van der Waals surface area contributed by atoms with Crippen molar-refractivity contribution in [2.75, 3.05) is 0 Å². The molecule has 0 radical (unpaired) electrons. The molecule has 138 valence electrons. The Morgan fingerprint density at radius 2 is 1.85 bits per heavy atom. The highest BCUT2D eigenvalue weighted by molar-refractivity contribution is 6.24. The SMILES string of the molecule is NC1CCc2cc(C(=O)N(Cl)Cc3ccc(C(F)(F)F)cc3)ccc2C1. The van der Waals surface area contributed by atoms with Crippen LogP contribution in [0.4, 0.5) is 13.2 Å². The summed E-state index contributed by atoms with van der Waals surface area (Å²) in [5.41, 5.74) is 8.43. The van der Waals surface area contributed by atoms with E-state index in [4.69, 9.17) is 17.5 Å². The van der Waals surface area contributed by atoms with Crippen LogP contribution in [0.1, 0.15) is 39.0 Å². The lowest BCUT2D eigenvalue weighted by Gasteiger charge is -2.22. The van der Waals surface area contributed by atoms with Gasteiger partial charge in [0.1, 0.15) is 0 Å². The lowest BCUT2D eigenvalue weighted by atomic mass is 9.87. The number of rotatable bonds is 3. The van der Waals surface area contributed by atoms with Gasteiger partial charge in [0.15, 0.2) is 0 Å². The predicted molar refractivity (Wildman–Crippen MR) is 93.6 cm³/mol. The fraction of sp³-hybridized carbons (Fsp3) is 0.316. The van der Waals surface area contributed by atoms with Gasteiger partial charge in [0, 0.05) is 23.4 Å². The molecule has 3 rings (SSSR count). The Bertz CT molecular complexity index is 805. The number of carbonyl (C=O) groups is 1. The number of alkyl halides is 3. The lowest BCUT2D eigenvalue weighted by molar-refractivity contribution is -0.137. The van der Waals surface area contributed by atoms with Crippen LogP contribution in [0.15, 0.2) is 42.5 Å². The Morgan fingerprint density at radius 1 is 1.15 bits per heavy atom. The van der Waals surface area contributed by atoms with Gasteiger partial charge < -0.3 is 5.73 Å². The van der Waals surface area contributed by atoms with Gasteiger partial charge in [-0.3, -0.25) is 4.79 Å². The van der Waals surface area contributed by atoms with E-state index < -0.39 is 11.7 Å². The summed E-state index contributed by atoms with van der Waals surface area (Å²) in [6.45, 7) is 0.0144. The minimum Gasteiger partial charge on any atom is -0.327 e. The number of hydrogen-bond donors (Lipinski definition) is 1. The smallest absolute Gasteiger partial charge is 0.327 e. The third-order valence-electron chi connectivity index (χ3n) is 4.54. The van der Waals surface area contributed by atoms with E-state index in [1.54, 1.807) is 6.07 Å². The van der Waals surface area contributed by atoms with Crippen molar-refractivity contribution in [2.24, 2.45) is 5.73 Å². The molecule has 1 atom stereocenters. The number of nitrogens with zero attached hydrogens (tertiary/aromatic N) is 1. The Morgan fingerprint density at radius 3 is 2.50 bits per heavy atom. The zero-order valence-electron chi connectivity index (χ0n) is 13.9. The molecule has 0 aliphatic heterocycles. The van der Waals surface area contributed by atoms with E-state index in [0.29, 0.717) is 11.1 Å². The van der Waals surface area contributed by atoms with Crippen LogP contribution in [-0.4, -0.2) is 16.4 Å². The number of fused-ring (bicyclic) bond motifs is 1. The second-order valence-corrected chi connectivity index (χ2v) is 6.91. The van der Waals surface area contributed by atoms with E-state index >= 15 is 0 Å². The van der Waals surface area contributed by atoms with Gasteiger partial charge in [-0.1, -0.05) is 18.2 Å². The van der Waals surface area contributed by atoms with E-state index in [1.165, 1.54) is 12.1 Å². The summed E-state index contributed by atoms with van der Waals surface area (Å²) in [6, 6.07) is 10.2. The Labute approximate surface area is 154 Å².